The van der Waals surface area contributed by atoms with Crippen molar-refractivity contribution in [3.8, 4) is 5.75 Å². The number of hydrogen-bond donors (Lipinski definition) is 0. The van der Waals surface area contributed by atoms with Gasteiger partial charge in [0.25, 0.3) is 0 Å². The molecule has 0 amide bonds. The molecule has 0 aliphatic carbocycles. The zero-order valence-electron chi connectivity index (χ0n) is 23.1. The Hall–Kier alpha value is -3.80. The van der Waals surface area contributed by atoms with E-state index in [-0.39, 0.29) is 5.97 Å². The number of rotatable bonds is 10. The van der Waals surface area contributed by atoms with E-state index in [0.29, 0.717) is 23.6 Å². The molecule has 4 aromatic rings. The fraction of sp³-hybridized carbons (Fsp3) is 0.375. The monoisotopic (exact) mass is 511 g/mol. The predicted molar refractivity (Wildman–Crippen MR) is 152 cm³/mol. The minimum absolute atomic E-state index is 0.369. The fourth-order valence-corrected chi connectivity index (χ4v) is 5.77. The Morgan fingerprint density at radius 1 is 1.03 bits per heavy atom. The summed E-state index contributed by atoms with van der Waals surface area (Å²) < 4.78 is 15.3. The zero-order chi connectivity index (χ0) is 26.9. The van der Waals surface area contributed by atoms with Gasteiger partial charge in [0, 0.05) is 66.3 Å². The molecule has 0 N–H and O–H groups in total. The molecule has 1 aliphatic rings. The van der Waals surface area contributed by atoms with Gasteiger partial charge in [-0.15, -0.1) is 0 Å². The van der Waals surface area contributed by atoms with E-state index in [4.69, 9.17) is 14.5 Å². The number of cyclic esters (lactones) is 1. The first kappa shape index (κ1) is 25.8. The Kier molecular flexibility index (Phi) is 7.15. The second-order valence-corrected chi connectivity index (χ2v) is 10.2. The Bertz CT molecular complexity index is 1470. The maximum atomic E-state index is 13.5. The number of pyridine rings is 1. The Morgan fingerprint density at radius 3 is 2.61 bits per heavy atom. The number of fused-ring (bicyclic) bond motifs is 2. The molecule has 2 aromatic heterocycles. The van der Waals surface area contributed by atoms with Crippen molar-refractivity contribution >= 4 is 22.6 Å². The van der Waals surface area contributed by atoms with Crippen LogP contribution in [0.4, 0.5) is 5.69 Å². The predicted octanol–water partition coefficient (Wildman–Crippen LogP) is 6.85. The van der Waals surface area contributed by atoms with Gasteiger partial charge >= 0.3 is 5.97 Å². The molecule has 1 atom stereocenters. The number of hydrogen-bond acceptors (Lipinski definition) is 5. The number of benzene rings is 2. The molecule has 6 nitrogen and oxygen atoms in total. The molecular weight excluding hydrogens is 474 g/mol. The lowest BCUT2D eigenvalue weighted by molar-refractivity contribution is 0.0237. The highest BCUT2D eigenvalue weighted by Gasteiger charge is 2.54. The molecule has 198 valence electrons. The highest BCUT2D eigenvalue weighted by molar-refractivity contribution is 5.98. The van der Waals surface area contributed by atoms with Crippen LogP contribution in [0, 0.1) is 6.92 Å². The lowest BCUT2D eigenvalue weighted by Gasteiger charge is -2.32. The minimum Gasteiger partial charge on any atom is -0.493 e. The van der Waals surface area contributed by atoms with Crippen LogP contribution in [0.5, 0.6) is 5.75 Å². The minimum atomic E-state index is -1.23. The smallest absolute Gasteiger partial charge is 0.341 e. The average molecular weight is 512 g/mol. The van der Waals surface area contributed by atoms with Crippen LogP contribution in [-0.2, 0) is 16.9 Å². The van der Waals surface area contributed by atoms with Crippen LogP contribution in [0.1, 0.15) is 72.4 Å². The zero-order valence-corrected chi connectivity index (χ0v) is 23.1. The van der Waals surface area contributed by atoms with Crippen molar-refractivity contribution in [2.24, 2.45) is 0 Å². The van der Waals surface area contributed by atoms with E-state index in [1.807, 2.05) is 32.3 Å². The van der Waals surface area contributed by atoms with Crippen LogP contribution in [0.15, 0.2) is 60.8 Å². The summed E-state index contributed by atoms with van der Waals surface area (Å²) in [7, 11) is 4.03. The van der Waals surface area contributed by atoms with E-state index >= 15 is 0 Å². The van der Waals surface area contributed by atoms with Crippen molar-refractivity contribution in [3.05, 3.63) is 88.9 Å². The van der Waals surface area contributed by atoms with E-state index in [2.05, 4.69) is 54.5 Å². The molecule has 3 heterocycles. The van der Waals surface area contributed by atoms with Gasteiger partial charge in [-0.05, 0) is 50.6 Å². The second kappa shape index (κ2) is 10.5. The molecule has 5 rings (SSSR count). The van der Waals surface area contributed by atoms with E-state index in [1.54, 1.807) is 18.3 Å². The first-order valence-electron chi connectivity index (χ1n) is 13.7. The molecule has 0 fully saturated rings. The van der Waals surface area contributed by atoms with E-state index in [0.717, 1.165) is 52.8 Å². The quantitative estimate of drug-likeness (QED) is 0.172. The summed E-state index contributed by atoms with van der Waals surface area (Å²) in [5.41, 5.74) is 4.78. The van der Waals surface area contributed by atoms with Gasteiger partial charge in [0.15, 0.2) is 0 Å². The van der Waals surface area contributed by atoms with Gasteiger partial charge in [-0.1, -0.05) is 44.4 Å². The summed E-state index contributed by atoms with van der Waals surface area (Å²) in [6, 6.07) is 18.1. The number of anilines is 1. The number of carbonyl (C=O) groups is 1. The number of carbonyl (C=O) groups excluding carboxylic acids is 1. The van der Waals surface area contributed by atoms with Gasteiger partial charge in [0.1, 0.15) is 11.4 Å². The van der Waals surface area contributed by atoms with Gasteiger partial charge in [-0.25, -0.2) is 4.79 Å². The third-order valence-corrected chi connectivity index (χ3v) is 7.62. The topological polar surface area (TPSA) is 56.6 Å². The largest absolute Gasteiger partial charge is 0.493 e. The summed E-state index contributed by atoms with van der Waals surface area (Å²) in [4.78, 5) is 20.3. The molecule has 1 aliphatic heterocycles. The SMILES string of the molecule is CCCCCCOc1cc(N(C)C)ccc1C1(c2c(C)n(CC)c3ccccc23)OC(=O)c2cccnc21. The standard InChI is InChI=1S/C32H37N3O3/c1-6-8-9-12-20-37-28-21-23(34(4)5)17-18-26(28)32(30-25(31(36)38-32)15-13-19-33-30)29-22(3)35(7-2)27-16-11-10-14-24(27)29/h10-11,13-19,21H,6-9,12,20H2,1-5H3. The summed E-state index contributed by atoms with van der Waals surface area (Å²) in [5, 5.41) is 1.05. The molecule has 38 heavy (non-hydrogen) atoms. The van der Waals surface area contributed by atoms with Crippen LogP contribution in [-0.4, -0.2) is 36.2 Å². The highest BCUT2D eigenvalue weighted by Crippen LogP contribution is 2.52. The number of aromatic nitrogens is 2. The third kappa shape index (κ3) is 4.12. The van der Waals surface area contributed by atoms with Gasteiger partial charge in [0.2, 0.25) is 5.60 Å². The number of nitrogens with zero attached hydrogens (tertiary/aromatic N) is 3. The molecule has 0 saturated carbocycles. The molecule has 0 spiro atoms. The van der Waals surface area contributed by atoms with E-state index in [1.165, 1.54) is 12.8 Å². The summed E-state index contributed by atoms with van der Waals surface area (Å²) in [5.74, 6) is 0.346. The first-order valence-corrected chi connectivity index (χ1v) is 13.7. The van der Waals surface area contributed by atoms with Gasteiger partial charge in [-0.2, -0.15) is 0 Å². The second-order valence-electron chi connectivity index (χ2n) is 10.2. The van der Waals surface area contributed by atoms with Crippen LogP contribution < -0.4 is 9.64 Å². The van der Waals surface area contributed by atoms with Gasteiger partial charge in [-0.3, -0.25) is 4.98 Å². The van der Waals surface area contributed by atoms with Crippen LogP contribution in [0.25, 0.3) is 10.9 Å². The Balaban J connectivity index is 1.80. The van der Waals surface area contributed by atoms with Crippen LogP contribution >= 0.6 is 0 Å². The van der Waals surface area contributed by atoms with Crippen molar-refractivity contribution in [1.82, 2.24) is 9.55 Å². The maximum Gasteiger partial charge on any atom is 0.341 e. The maximum absolute atomic E-state index is 13.5. The Labute approximate surface area is 225 Å². The molecule has 2 aromatic carbocycles. The summed E-state index contributed by atoms with van der Waals surface area (Å²) >= 11 is 0. The van der Waals surface area contributed by atoms with Crippen LogP contribution in [0.2, 0.25) is 0 Å². The van der Waals surface area contributed by atoms with Crippen molar-refractivity contribution in [2.45, 2.75) is 58.6 Å². The fourth-order valence-electron chi connectivity index (χ4n) is 5.77. The molecular formula is C32H37N3O3. The van der Waals surface area contributed by atoms with Crippen LogP contribution in [0.3, 0.4) is 0 Å². The summed E-state index contributed by atoms with van der Waals surface area (Å²) in [6.45, 7) is 7.84. The lowest BCUT2D eigenvalue weighted by atomic mass is 9.80. The van der Waals surface area contributed by atoms with Crippen molar-refractivity contribution in [1.29, 1.82) is 0 Å². The van der Waals surface area contributed by atoms with Gasteiger partial charge < -0.3 is 18.9 Å². The van der Waals surface area contributed by atoms with Crippen molar-refractivity contribution in [3.63, 3.8) is 0 Å². The number of para-hydroxylation sites is 1. The third-order valence-electron chi connectivity index (χ3n) is 7.62. The van der Waals surface area contributed by atoms with Crippen molar-refractivity contribution in [2.75, 3.05) is 25.6 Å². The highest BCUT2D eigenvalue weighted by atomic mass is 16.6. The number of esters is 1. The first-order chi connectivity index (χ1) is 18.4. The summed E-state index contributed by atoms with van der Waals surface area (Å²) in [6.07, 6.45) is 6.18. The van der Waals surface area contributed by atoms with E-state index < -0.39 is 5.60 Å². The average Bonchev–Trinajstić information content (AvgIpc) is 3.39. The van der Waals surface area contributed by atoms with Gasteiger partial charge in [0.05, 0.1) is 12.2 Å². The number of unbranched alkanes of at least 4 members (excludes halogenated alkanes) is 3. The lowest BCUT2D eigenvalue weighted by Crippen LogP contribution is -2.32. The number of aryl methyl sites for hydroxylation is 1. The normalized spacial score (nSPS) is 16.5. The Morgan fingerprint density at radius 2 is 1.84 bits per heavy atom. The number of ether oxygens (including phenoxy) is 2. The molecule has 6 heteroatoms. The molecule has 0 saturated heterocycles. The molecule has 0 bridgehead atoms. The molecule has 1 unspecified atom stereocenters. The van der Waals surface area contributed by atoms with E-state index in [9.17, 15) is 4.79 Å². The van der Waals surface area contributed by atoms with Crippen molar-refractivity contribution < 1.29 is 14.3 Å². The molecule has 0 radical (unpaired) electrons.